The molecular weight excluding hydrogens is 588 g/mol. The Hall–Kier alpha value is -3.92. The normalized spacial score (nSPS) is 14.6. The maximum atomic E-state index is 6.42. The van der Waals surface area contributed by atoms with Crippen molar-refractivity contribution in [3.63, 3.8) is 0 Å². The lowest BCUT2D eigenvalue weighted by atomic mass is 9.62. The number of benzene rings is 4. The van der Waals surface area contributed by atoms with E-state index < -0.39 is 0 Å². The first-order chi connectivity index (χ1) is 23.2. The van der Waals surface area contributed by atoms with Gasteiger partial charge >= 0.3 is 0 Å². The van der Waals surface area contributed by atoms with Gasteiger partial charge in [0.2, 0.25) is 0 Å². The van der Waals surface area contributed by atoms with Crippen LogP contribution in [0.4, 0.5) is 11.4 Å². The van der Waals surface area contributed by atoms with E-state index in [4.69, 9.17) is 20.9 Å². The van der Waals surface area contributed by atoms with Gasteiger partial charge in [0, 0.05) is 28.9 Å². The van der Waals surface area contributed by atoms with E-state index in [1.54, 1.807) is 0 Å². The monoisotopic (exact) mass is 646 g/mol. The van der Waals surface area contributed by atoms with Crippen LogP contribution in [0.2, 0.25) is 0 Å². The number of aryl methyl sites for hydroxylation is 4. The van der Waals surface area contributed by atoms with E-state index in [0.717, 1.165) is 64.0 Å². The molecule has 0 aromatic heterocycles. The number of nitrogens with two attached hydrogens (primary N) is 2. The highest BCUT2D eigenvalue weighted by Gasteiger charge is 2.39. The smallest absolute Gasteiger partial charge is 0.133 e. The summed E-state index contributed by atoms with van der Waals surface area (Å²) in [6, 6.07) is 24.9. The van der Waals surface area contributed by atoms with Crippen LogP contribution in [-0.4, -0.2) is 0 Å². The summed E-state index contributed by atoms with van der Waals surface area (Å²) in [5.41, 5.74) is 20.9. The van der Waals surface area contributed by atoms with Gasteiger partial charge in [0.15, 0.2) is 0 Å². The van der Waals surface area contributed by atoms with Crippen LogP contribution in [0.1, 0.15) is 124 Å². The molecule has 0 amide bonds. The molecule has 256 valence electrons. The molecule has 0 unspecified atom stereocenters. The third-order valence-electron chi connectivity index (χ3n) is 10.6. The van der Waals surface area contributed by atoms with E-state index in [9.17, 15) is 0 Å². The molecule has 4 aromatic carbocycles. The van der Waals surface area contributed by atoms with Gasteiger partial charge in [-0.25, -0.2) is 0 Å². The summed E-state index contributed by atoms with van der Waals surface area (Å²) < 4.78 is 12.8. The van der Waals surface area contributed by atoms with E-state index in [2.05, 4.69) is 58.9 Å². The third-order valence-corrected chi connectivity index (χ3v) is 10.6. The summed E-state index contributed by atoms with van der Waals surface area (Å²) in [6.07, 6.45) is 17.3. The second-order valence-electron chi connectivity index (χ2n) is 14.5. The van der Waals surface area contributed by atoms with Crippen molar-refractivity contribution in [3.05, 3.63) is 106 Å². The summed E-state index contributed by atoms with van der Waals surface area (Å²) in [5, 5.41) is 0. The Labute approximate surface area is 290 Å². The summed E-state index contributed by atoms with van der Waals surface area (Å²) >= 11 is 0. The maximum absolute atomic E-state index is 6.42. The summed E-state index contributed by atoms with van der Waals surface area (Å²) in [5.74, 6) is 4.18. The van der Waals surface area contributed by atoms with Crippen LogP contribution in [0.25, 0.3) is 0 Å². The zero-order valence-corrected chi connectivity index (χ0v) is 30.2. The van der Waals surface area contributed by atoms with Crippen LogP contribution >= 0.6 is 0 Å². The Kier molecular flexibility index (Phi) is 12.1. The van der Waals surface area contributed by atoms with E-state index in [1.807, 2.05) is 48.5 Å². The number of nitrogen functional groups attached to an aromatic ring is 2. The minimum atomic E-state index is -0.0633. The molecule has 0 bridgehead atoms. The van der Waals surface area contributed by atoms with Crippen molar-refractivity contribution in [1.29, 1.82) is 0 Å². The molecule has 5 rings (SSSR count). The molecule has 48 heavy (non-hydrogen) atoms. The summed E-state index contributed by atoms with van der Waals surface area (Å²) in [6.45, 7) is 11.0. The largest absolute Gasteiger partial charge is 0.457 e. The van der Waals surface area contributed by atoms with Crippen molar-refractivity contribution in [2.75, 3.05) is 11.5 Å². The predicted molar refractivity (Wildman–Crippen MR) is 204 cm³/mol. The maximum Gasteiger partial charge on any atom is 0.133 e. The molecule has 4 nitrogen and oxygen atoms in total. The van der Waals surface area contributed by atoms with Gasteiger partial charge in [0.05, 0.1) is 0 Å². The predicted octanol–water partition coefficient (Wildman–Crippen LogP) is 12.7. The Balaban J connectivity index is 1.40. The van der Waals surface area contributed by atoms with E-state index in [-0.39, 0.29) is 5.41 Å². The van der Waals surface area contributed by atoms with Gasteiger partial charge in [-0.2, -0.15) is 0 Å². The average molecular weight is 647 g/mol. The number of ether oxygens (including phenoxy) is 2. The number of hydrogen-bond donors (Lipinski definition) is 2. The molecule has 1 saturated carbocycles. The molecule has 0 aliphatic heterocycles. The third kappa shape index (κ3) is 8.75. The topological polar surface area (TPSA) is 70.5 Å². The molecule has 1 fully saturated rings. The molecule has 0 atom stereocenters. The van der Waals surface area contributed by atoms with Gasteiger partial charge in [-0.05, 0) is 117 Å². The van der Waals surface area contributed by atoms with Crippen LogP contribution in [0, 0.1) is 33.6 Å². The van der Waals surface area contributed by atoms with Gasteiger partial charge in [-0.3, -0.25) is 0 Å². The summed E-state index contributed by atoms with van der Waals surface area (Å²) in [4.78, 5) is 0. The van der Waals surface area contributed by atoms with E-state index >= 15 is 0 Å². The molecule has 0 saturated heterocycles. The number of hydrogen-bond acceptors (Lipinski definition) is 4. The van der Waals surface area contributed by atoms with Crippen LogP contribution in [-0.2, 0) is 5.41 Å². The SMILES string of the molecule is CCCCCCCCCCC1CCC(c2cc(C)c(Oc3cccc(N)c3)c(C)c2)(c2cc(C)c(Oc3cccc(N)c3)c(C)c2)CC1. The van der Waals surface area contributed by atoms with Gasteiger partial charge in [0.1, 0.15) is 23.0 Å². The highest BCUT2D eigenvalue weighted by atomic mass is 16.5. The van der Waals surface area contributed by atoms with Crippen molar-refractivity contribution in [1.82, 2.24) is 0 Å². The molecule has 4 heteroatoms. The highest BCUT2D eigenvalue weighted by molar-refractivity contribution is 5.55. The van der Waals surface area contributed by atoms with Crippen molar-refractivity contribution in [2.24, 2.45) is 5.92 Å². The fourth-order valence-corrected chi connectivity index (χ4v) is 7.94. The van der Waals surface area contributed by atoms with Gasteiger partial charge in [0.25, 0.3) is 0 Å². The molecular formula is C44H58N2O2. The van der Waals surface area contributed by atoms with Crippen LogP contribution in [0.15, 0.2) is 72.8 Å². The van der Waals surface area contributed by atoms with Crippen molar-refractivity contribution in [3.8, 4) is 23.0 Å². The molecule has 0 spiro atoms. The minimum absolute atomic E-state index is 0.0633. The zero-order chi connectivity index (χ0) is 34.1. The zero-order valence-electron chi connectivity index (χ0n) is 30.2. The molecule has 1 aliphatic rings. The number of anilines is 2. The van der Waals surface area contributed by atoms with Gasteiger partial charge in [-0.1, -0.05) is 101 Å². The first kappa shape index (κ1) is 35.4. The van der Waals surface area contributed by atoms with Gasteiger partial charge in [-0.15, -0.1) is 0 Å². The molecule has 0 radical (unpaired) electrons. The fraction of sp³-hybridized carbons (Fsp3) is 0.455. The van der Waals surface area contributed by atoms with Crippen molar-refractivity contribution in [2.45, 2.75) is 124 Å². The van der Waals surface area contributed by atoms with E-state index in [0.29, 0.717) is 11.4 Å². The average Bonchev–Trinajstić information content (AvgIpc) is 3.06. The lowest BCUT2D eigenvalue weighted by Crippen LogP contribution is -2.33. The first-order valence-corrected chi connectivity index (χ1v) is 18.5. The molecule has 4 N–H and O–H groups in total. The van der Waals surface area contributed by atoms with Crippen LogP contribution in [0.5, 0.6) is 23.0 Å². The Bertz CT molecular complexity index is 1500. The lowest BCUT2D eigenvalue weighted by molar-refractivity contribution is 0.249. The number of unbranched alkanes of at least 4 members (excludes halogenated alkanes) is 7. The highest BCUT2D eigenvalue weighted by Crippen LogP contribution is 2.50. The fourth-order valence-electron chi connectivity index (χ4n) is 7.94. The minimum Gasteiger partial charge on any atom is -0.457 e. The van der Waals surface area contributed by atoms with Crippen molar-refractivity contribution < 1.29 is 9.47 Å². The van der Waals surface area contributed by atoms with Crippen LogP contribution in [0.3, 0.4) is 0 Å². The Morgan fingerprint density at radius 2 is 1.00 bits per heavy atom. The summed E-state index contributed by atoms with van der Waals surface area (Å²) in [7, 11) is 0. The van der Waals surface area contributed by atoms with Crippen LogP contribution < -0.4 is 20.9 Å². The van der Waals surface area contributed by atoms with Gasteiger partial charge < -0.3 is 20.9 Å². The van der Waals surface area contributed by atoms with Crippen molar-refractivity contribution >= 4 is 11.4 Å². The first-order valence-electron chi connectivity index (χ1n) is 18.5. The second kappa shape index (κ2) is 16.5. The number of rotatable bonds is 15. The quantitative estimate of drug-likeness (QED) is 0.0996. The Morgan fingerprint density at radius 1 is 0.583 bits per heavy atom. The molecule has 4 aromatic rings. The Morgan fingerprint density at radius 3 is 1.42 bits per heavy atom. The standard InChI is InChI=1S/C44H58N2O2/c1-6-7-8-9-10-11-12-13-16-35-21-23-44(24-22-35,36-25-31(2)42(32(3)26-36)47-40-19-14-17-38(45)29-40)37-27-33(4)43(34(5)28-37)48-41-20-15-18-39(46)30-41/h14-15,17-20,25-30,35H,6-13,16,21-24,45-46H2,1-5H3. The molecule has 1 aliphatic carbocycles. The van der Waals surface area contributed by atoms with E-state index in [1.165, 1.54) is 81.8 Å². The lowest BCUT2D eigenvalue weighted by Gasteiger charge is -2.42. The second-order valence-corrected chi connectivity index (χ2v) is 14.5. The molecule has 0 heterocycles.